The van der Waals surface area contributed by atoms with Crippen LogP contribution in [0.25, 0.3) is 0 Å². The number of hydrogen-bond acceptors (Lipinski definition) is 2. The molecule has 10 heavy (non-hydrogen) atoms. The molecule has 4 heteroatoms. The number of halogens is 2. The smallest absolute Gasteiger partial charge is 0.278 e. The van der Waals surface area contributed by atoms with Gasteiger partial charge >= 0.3 is 0 Å². The van der Waals surface area contributed by atoms with Crippen LogP contribution in [0.1, 0.15) is 0 Å². The number of nitrogens with zero attached hydrogens (tertiary/aromatic N) is 1. The summed E-state index contributed by atoms with van der Waals surface area (Å²) in [6.45, 7) is 3.09. The second-order valence-corrected chi connectivity index (χ2v) is 2.28. The summed E-state index contributed by atoms with van der Waals surface area (Å²) in [7, 11) is 0. The summed E-state index contributed by atoms with van der Waals surface area (Å²) >= 11 is 0. The van der Waals surface area contributed by atoms with Crippen molar-refractivity contribution in [2.24, 2.45) is 11.7 Å². The standard InChI is InChI=1S/C6H6F2N2/c1-3-5(4(10)2-9)6(3,7)8/h4-5H,1,10H2/t4-,5-/m0/s1. The SMILES string of the molecule is C=C1[C@@H]([C@@H](N)C#N)C1(F)F. The molecule has 1 aliphatic carbocycles. The van der Waals surface area contributed by atoms with Gasteiger partial charge in [0, 0.05) is 5.57 Å². The summed E-state index contributed by atoms with van der Waals surface area (Å²) < 4.78 is 24.6. The number of rotatable bonds is 1. The van der Waals surface area contributed by atoms with Crippen LogP contribution in [0.15, 0.2) is 12.2 Å². The van der Waals surface area contributed by atoms with Gasteiger partial charge in [-0.05, 0) is 0 Å². The largest absolute Gasteiger partial charge is 0.315 e. The first-order chi connectivity index (χ1) is 4.51. The summed E-state index contributed by atoms with van der Waals surface area (Å²) in [6.07, 6.45) is 0. The molecule has 1 aliphatic rings. The summed E-state index contributed by atoms with van der Waals surface area (Å²) in [5.74, 6) is -4.01. The molecule has 0 amide bonds. The molecule has 0 spiro atoms. The number of alkyl halides is 2. The minimum Gasteiger partial charge on any atom is -0.315 e. The van der Waals surface area contributed by atoms with E-state index in [1.165, 1.54) is 0 Å². The molecule has 0 unspecified atom stereocenters. The second kappa shape index (κ2) is 1.77. The van der Waals surface area contributed by atoms with Crippen molar-refractivity contribution in [3.8, 4) is 6.07 Å². The summed E-state index contributed by atoms with van der Waals surface area (Å²) in [5, 5.41) is 8.15. The van der Waals surface area contributed by atoms with E-state index in [1.807, 2.05) is 0 Å². The van der Waals surface area contributed by atoms with E-state index in [4.69, 9.17) is 11.0 Å². The van der Waals surface area contributed by atoms with Crippen LogP contribution in [0.3, 0.4) is 0 Å². The Kier molecular flexibility index (Phi) is 1.26. The predicted molar refractivity (Wildman–Crippen MR) is 31.2 cm³/mol. The zero-order chi connectivity index (χ0) is 7.94. The maximum atomic E-state index is 12.3. The van der Waals surface area contributed by atoms with E-state index in [2.05, 4.69) is 6.58 Å². The first kappa shape index (κ1) is 7.16. The third-order valence-electron chi connectivity index (χ3n) is 1.62. The van der Waals surface area contributed by atoms with E-state index < -0.39 is 17.9 Å². The van der Waals surface area contributed by atoms with Gasteiger partial charge in [0.25, 0.3) is 5.92 Å². The molecule has 0 aromatic carbocycles. The summed E-state index contributed by atoms with van der Waals surface area (Å²) in [5.41, 5.74) is 4.82. The fraction of sp³-hybridized carbons (Fsp3) is 0.500. The Hall–Kier alpha value is -0.950. The molecule has 54 valence electrons. The average molecular weight is 144 g/mol. The number of nitriles is 1. The highest BCUT2D eigenvalue weighted by Crippen LogP contribution is 2.54. The highest BCUT2D eigenvalue weighted by atomic mass is 19.3. The van der Waals surface area contributed by atoms with Gasteiger partial charge in [-0.3, -0.25) is 0 Å². The molecule has 0 saturated heterocycles. The predicted octanol–water partition coefficient (Wildman–Crippen LogP) is 0.659. The van der Waals surface area contributed by atoms with Crippen molar-refractivity contribution in [2.75, 3.05) is 0 Å². The molecule has 2 nitrogen and oxygen atoms in total. The lowest BCUT2D eigenvalue weighted by atomic mass is 10.2. The van der Waals surface area contributed by atoms with Crippen LogP contribution in [0, 0.1) is 17.2 Å². The van der Waals surface area contributed by atoms with E-state index in [1.54, 1.807) is 6.07 Å². The zero-order valence-corrected chi connectivity index (χ0v) is 5.14. The van der Waals surface area contributed by atoms with Crippen molar-refractivity contribution in [1.82, 2.24) is 0 Å². The molecule has 0 aromatic heterocycles. The minimum absolute atomic E-state index is 0.221. The lowest BCUT2D eigenvalue weighted by Crippen LogP contribution is -2.23. The second-order valence-electron chi connectivity index (χ2n) is 2.28. The molecular weight excluding hydrogens is 138 g/mol. The first-order valence-electron chi connectivity index (χ1n) is 2.74. The van der Waals surface area contributed by atoms with Crippen LogP contribution in [0.2, 0.25) is 0 Å². The van der Waals surface area contributed by atoms with Crippen LogP contribution < -0.4 is 5.73 Å². The maximum Gasteiger partial charge on any atom is 0.278 e. The maximum absolute atomic E-state index is 12.3. The van der Waals surface area contributed by atoms with Crippen molar-refractivity contribution in [3.05, 3.63) is 12.2 Å². The van der Waals surface area contributed by atoms with Crippen molar-refractivity contribution >= 4 is 0 Å². The van der Waals surface area contributed by atoms with Gasteiger partial charge in [0.1, 0.15) is 6.04 Å². The Balaban J connectivity index is 2.68. The third-order valence-corrected chi connectivity index (χ3v) is 1.62. The minimum atomic E-state index is -2.89. The van der Waals surface area contributed by atoms with Gasteiger partial charge in [-0.25, -0.2) is 8.78 Å². The lowest BCUT2D eigenvalue weighted by Gasteiger charge is -1.95. The van der Waals surface area contributed by atoms with Gasteiger partial charge in [-0.1, -0.05) is 6.58 Å². The molecule has 0 heterocycles. The Morgan fingerprint density at radius 2 is 2.20 bits per heavy atom. The summed E-state index contributed by atoms with van der Waals surface area (Å²) in [6, 6.07) is 0.441. The monoisotopic (exact) mass is 144 g/mol. The van der Waals surface area contributed by atoms with Gasteiger partial charge in [0.15, 0.2) is 0 Å². The van der Waals surface area contributed by atoms with E-state index in [9.17, 15) is 8.78 Å². The van der Waals surface area contributed by atoms with Crippen molar-refractivity contribution in [2.45, 2.75) is 12.0 Å². The normalized spacial score (nSPS) is 31.0. The van der Waals surface area contributed by atoms with E-state index in [0.29, 0.717) is 0 Å². The molecule has 0 aliphatic heterocycles. The molecule has 2 N–H and O–H groups in total. The van der Waals surface area contributed by atoms with Crippen molar-refractivity contribution < 1.29 is 8.78 Å². The van der Waals surface area contributed by atoms with Gasteiger partial charge in [-0.15, -0.1) is 0 Å². The Labute approximate surface area is 56.9 Å². The van der Waals surface area contributed by atoms with Crippen molar-refractivity contribution in [3.63, 3.8) is 0 Å². The van der Waals surface area contributed by atoms with E-state index >= 15 is 0 Å². The van der Waals surface area contributed by atoms with Crippen LogP contribution in [-0.2, 0) is 0 Å². The lowest BCUT2D eigenvalue weighted by molar-refractivity contribution is 0.107. The summed E-state index contributed by atoms with van der Waals surface area (Å²) in [4.78, 5) is 0. The molecule has 0 radical (unpaired) electrons. The number of nitrogens with two attached hydrogens (primary N) is 1. The molecular formula is C6H6F2N2. The fourth-order valence-corrected chi connectivity index (χ4v) is 0.870. The van der Waals surface area contributed by atoms with Gasteiger partial charge in [-0.2, -0.15) is 5.26 Å². The highest BCUT2D eigenvalue weighted by Gasteiger charge is 2.64. The zero-order valence-electron chi connectivity index (χ0n) is 5.14. The molecule has 0 aromatic rings. The van der Waals surface area contributed by atoms with Gasteiger partial charge < -0.3 is 5.73 Å². The van der Waals surface area contributed by atoms with Crippen molar-refractivity contribution in [1.29, 1.82) is 5.26 Å². The molecule has 1 fully saturated rings. The quantitative estimate of drug-likeness (QED) is 0.549. The van der Waals surface area contributed by atoms with E-state index in [-0.39, 0.29) is 5.57 Å². The number of hydrogen-bond donors (Lipinski definition) is 1. The van der Waals surface area contributed by atoms with E-state index in [0.717, 1.165) is 0 Å². The van der Waals surface area contributed by atoms with Crippen LogP contribution in [0.4, 0.5) is 8.78 Å². The topological polar surface area (TPSA) is 49.8 Å². The first-order valence-corrected chi connectivity index (χ1v) is 2.74. The Bertz CT molecular complexity index is 216. The highest BCUT2D eigenvalue weighted by molar-refractivity contribution is 5.38. The molecule has 1 rings (SSSR count). The van der Waals surface area contributed by atoms with Crippen LogP contribution in [0.5, 0.6) is 0 Å². The molecule has 1 saturated carbocycles. The average Bonchev–Trinajstić information content (AvgIpc) is 2.33. The van der Waals surface area contributed by atoms with Crippen LogP contribution in [-0.4, -0.2) is 12.0 Å². The Morgan fingerprint density at radius 1 is 1.80 bits per heavy atom. The third kappa shape index (κ3) is 0.711. The van der Waals surface area contributed by atoms with Crippen LogP contribution >= 0.6 is 0 Å². The van der Waals surface area contributed by atoms with Gasteiger partial charge in [0.2, 0.25) is 0 Å². The molecule has 2 atom stereocenters. The fourth-order valence-electron chi connectivity index (χ4n) is 0.870. The Morgan fingerprint density at radius 3 is 2.30 bits per heavy atom. The van der Waals surface area contributed by atoms with Gasteiger partial charge in [0.05, 0.1) is 12.0 Å². The molecule has 0 bridgehead atoms.